The van der Waals surface area contributed by atoms with Gasteiger partial charge in [0.05, 0.1) is 6.21 Å². The summed E-state index contributed by atoms with van der Waals surface area (Å²) >= 11 is 0. The molecule has 3 N–H and O–H groups in total. The maximum Gasteiger partial charge on any atom is 0.211 e. The Hall–Kier alpha value is -2.95. The molecule has 0 radical (unpaired) electrons. The molecule has 0 aliphatic heterocycles. The molecule has 0 aromatic heterocycles. The highest BCUT2D eigenvalue weighted by atomic mass is 15.4. The number of nitrogens with two attached hydrogens (primary N) is 1. The lowest BCUT2D eigenvalue weighted by molar-refractivity contribution is 0.881. The Morgan fingerprint density at radius 3 is 2.61 bits per heavy atom. The molecule has 2 rings (SSSR count). The molecule has 5 nitrogen and oxygen atoms in total. The fourth-order valence-corrected chi connectivity index (χ4v) is 2.81. The van der Waals surface area contributed by atoms with Crippen LogP contribution in [0.1, 0.15) is 50.7 Å². The summed E-state index contributed by atoms with van der Waals surface area (Å²) in [5, 5.41) is 4.14. The summed E-state index contributed by atoms with van der Waals surface area (Å²) in [6.07, 6.45) is 17.6. The van der Waals surface area contributed by atoms with Gasteiger partial charge in [-0.2, -0.15) is 5.10 Å². The lowest BCUT2D eigenvalue weighted by Crippen LogP contribution is -2.27. The molecule has 0 amide bonds. The normalized spacial score (nSPS) is 15.0. The maximum atomic E-state index is 5.82. The molecule has 0 saturated carbocycles. The number of rotatable bonds is 9. The van der Waals surface area contributed by atoms with Gasteiger partial charge >= 0.3 is 0 Å². The van der Waals surface area contributed by atoms with Gasteiger partial charge in [0, 0.05) is 6.21 Å². The van der Waals surface area contributed by atoms with Gasteiger partial charge in [-0.25, -0.2) is 10.4 Å². The van der Waals surface area contributed by atoms with Crippen LogP contribution >= 0.6 is 0 Å². The van der Waals surface area contributed by atoms with Gasteiger partial charge in [0.1, 0.15) is 6.67 Å². The van der Waals surface area contributed by atoms with Gasteiger partial charge in [0.25, 0.3) is 0 Å². The Morgan fingerprint density at radius 2 is 1.86 bits per heavy atom. The van der Waals surface area contributed by atoms with E-state index in [1.807, 2.05) is 0 Å². The molecule has 0 atom stereocenters. The van der Waals surface area contributed by atoms with E-state index in [0.29, 0.717) is 0 Å². The van der Waals surface area contributed by atoms with E-state index in [1.54, 1.807) is 12.4 Å². The second-order valence-electron chi connectivity index (χ2n) is 6.71. The quantitative estimate of drug-likeness (QED) is 0.377. The molecule has 1 aliphatic rings. The zero-order valence-corrected chi connectivity index (χ0v) is 16.9. The number of hydrazone groups is 1. The number of allylic oxidation sites excluding steroid dienone is 6. The summed E-state index contributed by atoms with van der Waals surface area (Å²) in [6, 6.07) is 8.41. The molecule has 1 aliphatic carbocycles. The van der Waals surface area contributed by atoms with Crippen molar-refractivity contribution in [2.45, 2.75) is 46.0 Å². The SMILES string of the molecule is CCCC1=CC=C(/C=N/NC(N)=NCN=Cc2ccc(CCC)cc2)C=CC1. The van der Waals surface area contributed by atoms with E-state index in [4.69, 9.17) is 5.73 Å². The molecule has 28 heavy (non-hydrogen) atoms. The van der Waals surface area contributed by atoms with Crippen LogP contribution in [-0.4, -0.2) is 25.1 Å². The van der Waals surface area contributed by atoms with Crippen LogP contribution in [0.3, 0.4) is 0 Å². The third-order valence-corrected chi connectivity index (χ3v) is 4.25. The first-order valence-electron chi connectivity index (χ1n) is 9.95. The molecule has 5 heteroatoms. The van der Waals surface area contributed by atoms with Crippen LogP contribution in [0.4, 0.5) is 0 Å². The molecule has 148 valence electrons. The van der Waals surface area contributed by atoms with Gasteiger partial charge in [-0.1, -0.05) is 80.8 Å². The number of aliphatic imine (C=N–C) groups is 2. The van der Waals surface area contributed by atoms with Gasteiger partial charge in [-0.15, -0.1) is 0 Å². The van der Waals surface area contributed by atoms with Crippen LogP contribution in [0.2, 0.25) is 0 Å². The molecule has 0 heterocycles. The molecule has 0 fully saturated rings. The fraction of sp³-hybridized carbons (Fsp3) is 0.348. The fourth-order valence-electron chi connectivity index (χ4n) is 2.81. The van der Waals surface area contributed by atoms with Crippen LogP contribution in [0, 0.1) is 0 Å². The lowest BCUT2D eigenvalue weighted by atomic mass is 10.1. The van der Waals surface area contributed by atoms with E-state index in [-0.39, 0.29) is 12.6 Å². The van der Waals surface area contributed by atoms with Crippen molar-refractivity contribution in [3.05, 3.63) is 70.8 Å². The molecular weight excluding hydrogens is 346 g/mol. The van der Waals surface area contributed by atoms with E-state index in [9.17, 15) is 0 Å². The molecule has 0 saturated heterocycles. The minimum Gasteiger partial charge on any atom is -0.368 e. The zero-order valence-electron chi connectivity index (χ0n) is 16.9. The monoisotopic (exact) mass is 377 g/mol. The summed E-state index contributed by atoms with van der Waals surface area (Å²) in [7, 11) is 0. The zero-order chi connectivity index (χ0) is 20.0. The van der Waals surface area contributed by atoms with Crippen LogP contribution < -0.4 is 11.2 Å². The van der Waals surface area contributed by atoms with E-state index in [0.717, 1.165) is 43.2 Å². The van der Waals surface area contributed by atoms with Crippen molar-refractivity contribution >= 4 is 18.4 Å². The highest BCUT2D eigenvalue weighted by Gasteiger charge is 1.97. The third kappa shape index (κ3) is 8.16. The second-order valence-corrected chi connectivity index (χ2v) is 6.71. The third-order valence-electron chi connectivity index (χ3n) is 4.25. The van der Waals surface area contributed by atoms with Gasteiger partial charge in [0.15, 0.2) is 0 Å². The first-order valence-corrected chi connectivity index (χ1v) is 9.95. The van der Waals surface area contributed by atoms with Gasteiger partial charge in [-0.3, -0.25) is 4.99 Å². The smallest absolute Gasteiger partial charge is 0.211 e. The summed E-state index contributed by atoms with van der Waals surface area (Å²) < 4.78 is 0. The largest absolute Gasteiger partial charge is 0.368 e. The number of nitrogens with one attached hydrogen (secondary N) is 1. The highest BCUT2D eigenvalue weighted by Crippen LogP contribution is 2.15. The summed E-state index contributed by atoms with van der Waals surface area (Å²) in [6.45, 7) is 4.64. The van der Waals surface area contributed by atoms with Gasteiger partial charge in [0.2, 0.25) is 5.96 Å². The van der Waals surface area contributed by atoms with Crippen LogP contribution in [0.15, 0.2) is 74.8 Å². The number of hydrogen-bond donors (Lipinski definition) is 2. The van der Waals surface area contributed by atoms with Crippen LogP contribution in [-0.2, 0) is 6.42 Å². The van der Waals surface area contributed by atoms with Crippen molar-refractivity contribution < 1.29 is 0 Å². The number of nitrogens with zero attached hydrogens (tertiary/aromatic N) is 3. The van der Waals surface area contributed by atoms with Crippen molar-refractivity contribution in [2.24, 2.45) is 20.8 Å². The molecule has 0 bridgehead atoms. The predicted molar refractivity (Wildman–Crippen MR) is 121 cm³/mol. The number of hydrogen-bond acceptors (Lipinski definition) is 3. The molecular formula is C23H31N5. The molecule has 0 unspecified atom stereocenters. The van der Waals surface area contributed by atoms with E-state index in [1.165, 1.54) is 11.1 Å². The van der Waals surface area contributed by atoms with E-state index in [2.05, 4.69) is 82.9 Å². The molecule has 0 spiro atoms. The van der Waals surface area contributed by atoms with Crippen molar-refractivity contribution in [2.75, 3.05) is 6.67 Å². The van der Waals surface area contributed by atoms with Crippen molar-refractivity contribution in [1.82, 2.24) is 5.43 Å². The summed E-state index contributed by atoms with van der Waals surface area (Å²) in [5.41, 5.74) is 13.4. The minimum atomic E-state index is 0.243. The predicted octanol–water partition coefficient (Wildman–Crippen LogP) is 4.52. The maximum absolute atomic E-state index is 5.82. The van der Waals surface area contributed by atoms with E-state index < -0.39 is 0 Å². The van der Waals surface area contributed by atoms with Gasteiger partial charge < -0.3 is 5.73 Å². The standard InChI is InChI=1S/C23H31N5/c1-3-6-19-8-5-9-21(13-10-19)17-27-28-23(24)26-18-25-16-22-14-11-20(7-4-2)12-15-22/h5,9-17H,3-4,6-8,18H2,1-2H3,(H3,24,26,28)/b25-16?,27-17+. The summed E-state index contributed by atoms with van der Waals surface area (Å²) in [4.78, 5) is 8.42. The second kappa shape index (κ2) is 12.4. The average Bonchev–Trinajstić information content (AvgIpc) is 2.92. The van der Waals surface area contributed by atoms with Crippen molar-refractivity contribution in [1.29, 1.82) is 0 Å². The van der Waals surface area contributed by atoms with Crippen LogP contribution in [0.25, 0.3) is 0 Å². The number of benzene rings is 1. The Bertz CT molecular complexity index is 780. The van der Waals surface area contributed by atoms with Crippen molar-refractivity contribution in [3.63, 3.8) is 0 Å². The van der Waals surface area contributed by atoms with E-state index >= 15 is 0 Å². The Labute approximate surface area is 168 Å². The number of aryl methyl sites for hydroxylation is 1. The minimum absolute atomic E-state index is 0.243. The number of guanidine groups is 1. The lowest BCUT2D eigenvalue weighted by Gasteiger charge is -1.99. The average molecular weight is 378 g/mol. The highest BCUT2D eigenvalue weighted by molar-refractivity contribution is 5.85. The topological polar surface area (TPSA) is 75.1 Å². The Balaban J connectivity index is 1.78. The van der Waals surface area contributed by atoms with Crippen molar-refractivity contribution in [3.8, 4) is 0 Å². The molecule has 1 aromatic carbocycles. The van der Waals surface area contributed by atoms with Gasteiger partial charge in [-0.05, 0) is 36.0 Å². The first-order chi connectivity index (χ1) is 13.7. The summed E-state index contributed by atoms with van der Waals surface area (Å²) in [5.74, 6) is 0.243. The molecule has 1 aromatic rings. The first kappa shape index (κ1) is 21.4. The Kier molecular flexibility index (Phi) is 9.49. The van der Waals surface area contributed by atoms with Crippen LogP contribution in [0.5, 0.6) is 0 Å². The Morgan fingerprint density at radius 1 is 1.07 bits per heavy atom.